The van der Waals surface area contributed by atoms with Gasteiger partial charge in [-0.25, -0.2) is 0 Å². The number of nitrogens with one attached hydrogen (secondary N) is 1. The lowest BCUT2D eigenvalue weighted by Crippen LogP contribution is -2.18. The van der Waals surface area contributed by atoms with Crippen molar-refractivity contribution in [3.63, 3.8) is 0 Å². The average Bonchev–Trinajstić information content (AvgIpc) is 2.48. The Morgan fingerprint density at radius 3 is 2.33 bits per heavy atom. The van der Waals surface area contributed by atoms with Gasteiger partial charge in [-0.05, 0) is 55.7 Å². The maximum atomic E-state index is 5.40. The number of hydrogen-bond donors (Lipinski definition) is 1. The van der Waals surface area contributed by atoms with Crippen LogP contribution in [0.1, 0.15) is 18.1 Å². The van der Waals surface area contributed by atoms with Crippen molar-refractivity contribution in [1.82, 2.24) is 0 Å². The Kier molecular flexibility index (Phi) is 5.09. The van der Waals surface area contributed by atoms with E-state index in [9.17, 15) is 0 Å². The summed E-state index contributed by atoms with van der Waals surface area (Å²) in [6.45, 7) is 4.25. The van der Waals surface area contributed by atoms with Gasteiger partial charge in [0.25, 0.3) is 0 Å². The van der Waals surface area contributed by atoms with Gasteiger partial charge in [-0.1, -0.05) is 18.2 Å². The van der Waals surface area contributed by atoms with Crippen LogP contribution in [0.15, 0.2) is 42.5 Å². The minimum Gasteiger partial charge on any atom is -0.497 e. The maximum absolute atomic E-state index is 5.40. The van der Waals surface area contributed by atoms with Gasteiger partial charge in [-0.15, -0.1) is 0 Å². The van der Waals surface area contributed by atoms with Gasteiger partial charge in [0, 0.05) is 6.04 Å². The topological polar surface area (TPSA) is 30.5 Å². The fourth-order valence-electron chi connectivity index (χ4n) is 2.37. The summed E-state index contributed by atoms with van der Waals surface area (Å²) < 4.78 is 10.6. The highest BCUT2D eigenvalue weighted by Gasteiger charge is 2.08. The Labute approximate surface area is 126 Å². The molecule has 0 fully saturated rings. The standard InChI is InChI=1S/C18H23NO2/c1-13-5-10-18(21-4)17(11-13)19-14(2)12-15-6-8-16(20-3)9-7-15/h5-11,14,19H,12H2,1-4H3. The van der Waals surface area contributed by atoms with Crippen molar-refractivity contribution in [3.05, 3.63) is 53.6 Å². The van der Waals surface area contributed by atoms with Crippen LogP contribution in [0.5, 0.6) is 11.5 Å². The Bertz CT molecular complexity index is 578. The summed E-state index contributed by atoms with van der Waals surface area (Å²) >= 11 is 0. The molecule has 0 saturated heterocycles. The van der Waals surface area contributed by atoms with Crippen LogP contribution in [-0.4, -0.2) is 20.3 Å². The lowest BCUT2D eigenvalue weighted by Gasteiger charge is -2.18. The Morgan fingerprint density at radius 2 is 1.71 bits per heavy atom. The third-order valence-electron chi connectivity index (χ3n) is 3.46. The van der Waals surface area contributed by atoms with Gasteiger partial charge in [0.1, 0.15) is 11.5 Å². The Hall–Kier alpha value is -2.16. The molecule has 0 saturated carbocycles. The van der Waals surface area contributed by atoms with Crippen LogP contribution in [-0.2, 0) is 6.42 Å². The van der Waals surface area contributed by atoms with Crippen molar-refractivity contribution in [2.75, 3.05) is 19.5 Å². The summed E-state index contributed by atoms with van der Waals surface area (Å²) in [6, 6.07) is 14.7. The van der Waals surface area contributed by atoms with Crippen LogP contribution in [0.25, 0.3) is 0 Å². The second-order valence-electron chi connectivity index (χ2n) is 5.30. The molecule has 21 heavy (non-hydrogen) atoms. The van der Waals surface area contributed by atoms with Crippen molar-refractivity contribution in [1.29, 1.82) is 0 Å². The molecule has 2 rings (SSSR count). The molecule has 112 valence electrons. The number of benzene rings is 2. The van der Waals surface area contributed by atoms with Gasteiger partial charge in [-0.2, -0.15) is 0 Å². The molecule has 1 atom stereocenters. The summed E-state index contributed by atoms with van der Waals surface area (Å²) in [7, 11) is 3.38. The van der Waals surface area contributed by atoms with E-state index in [1.165, 1.54) is 11.1 Å². The smallest absolute Gasteiger partial charge is 0.141 e. The zero-order valence-electron chi connectivity index (χ0n) is 13.1. The molecule has 0 aliphatic rings. The second kappa shape index (κ2) is 7.02. The third-order valence-corrected chi connectivity index (χ3v) is 3.46. The summed E-state index contributed by atoms with van der Waals surface area (Å²) in [6.07, 6.45) is 0.946. The Balaban J connectivity index is 2.03. The first kappa shape index (κ1) is 15.2. The van der Waals surface area contributed by atoms with Crippen LogP contribution in [0.2, 0.25) is 0 Å². The molecule has 0 bridgehead atoms. The molecule has 2 aromatic carbocycles. The molecule has 2 aromatic rings. The number of ether oxygens (including phenoxy) is 2. The van der Waals surface area contributed by atoms with Crippen LogP contribution < -0.4 is 14.8 Å². The number of methoxy groups -OCH3 is 2. The van der Waals surface area contributed by atoms with E-state index in [1.54, 1.807) is 14.2 Å². The molecule has 1 unspecified atom stereocenters. The molecule has 0 spiro atoms. The first-order valence-corrected chi connectivity index (χ1v) is 7.16. The maximum Gasteiger partial charge on any atom is 0.141 e. The van der Waals surface area contributed by atoms with Gasteiger partial charge in [0.15, 0.2) is 0 Å². The number of rotatable bonds is 6. The summed E-state index contributed by atoms with van der Waals surface area (Å²) in [5.41, 5.74) is 3.54. The largest absolute Gasteiger partial charge is 0.497 e. The number of hydrogen-bond acceptors (Lipinski definition) is 3. The van der Waals surface area contributed by atoms with E-state index in [0.717, 1.165) is 23.6 Å². The van der Waals surface area contributed by atoms with Crippen LogP contribution >= 0.6 is 0 Å². The first-order chi connectivity index (χ1) is 10.1. The molecule has 1 N–H and O–H groups in total. The molecular formula is C18H23NO2. The minimum absolute atomic E-state index is 0.314. The molecule has 0 amide bonds. The molecule has 0 aromatic heterocycles. The second-order valence-corrected chi connectivity index (χ2v) is 5.30. The van der Waals surface area contributed by atoms with Gasteiger partial charge >= 0.3 is 0 Å². The molecule has 0 radical (unpaired) electrons. The van der Waals surface area contributed by atoms with Crippen molar-refractivity contribution in [2.24, 2.45) is 0 Å². The summed E-state index contributed by atoms with van der Waals surface area (Å²) in [5, 5.41) is 3.52. The summed E-state index contributed by atoms with van der Waals surface area (Å²) in [5.74, 6) is 1.77. The van der Waals surface area contributed by atoms with E-state index in [-0.39, 0.29) is 0 Å². The summed E-state index contributed by atoms with van der Waals surface area (Å²) in [4.78, 5) is 0. The average molecular weight is 285 g/mol. The van der Waals surface area contributed by atoms with Gasteiger partial charge in [0.05, 0.1) is 19.9 Å². The van der Waals surface area contributed by atoms with E-state index in [0.29, 0.717) is 6.04 Å². The van der Waals surface area contributed by atoms with Gasteiger partial charge in [-0.3, -0.25) is 0 Å². The lowest BCUT2D eigenvalue weighted by molar-refractivity contribution is 0.414. The number of anilines is 1. The van der Waals surface area contributed by atoms with E-state index < -0.39 is 0 Å². The predicted octanol–water partition coefficient (Wildman–Crippen LogP) is 4.06. The van der Waals surface area contributed by atoms with Gasteiger partial charge in [0.2, 0.25) is 0 Å². The highest BCUT2D eigenvalue weighted by Crippen LogP contribution is 2.26. The van der Waals surface area contributed by atoms with Gasteiger partial charge < -0.3 is 14.8 Å². The van der Waals surface area contributed by atoms with Crippen molar-refractivity contribution in [3.8, 4) is 11.5 Å². The monoisotopic (exact) mass is 285 g/mol. The SMILES string of the molecule is COc1ccc(CC(C)Nc2cc(C)ccc2OC)cc1. The molecule has 0 heterocycles. The van der Waals surface area contributed by atoms with E-state index in [2.05, 4.69) is 43.4 Å². The normalized spacial score (nSPS) is 11.8. The first-order valence-electron chi connectivity index (χ1n) is 7.16. The fourth-order valence-corrected chi connectivity index (χ4v) is 2.37. The molecule has 0 aliphatic carbocycles. The van der Waals surface area contributed by atoms with Crippen LogP contribution in [0, 0.1) is 6.92 Å². The fraction of sp³-hybridized carbons (Fsp3) is 0.333. The molecule has 3 heteroatoms. The van der Waals surface area contributed by atoms with Crippen molar-refractivity contribution in [2.45, 2.75) is 26.3 Å². The zero-order chi connectivity index (χ0) is 15.2. The van der Waals surface area contributed by atoms with Crippen molar-refractivity contribution < 1.29 is 9.47 Å². The number of aryl methyl sites for hydroxylation is 1. The van der Waals surface area contributed by atoms with Crippen LogP contribution in [0.3, 0.4) is 0 Å². The quantitative estimate of drug-likeness (QED) is 0.868. The zero-order valence-corrected chi connectivity index (χ0v) is 13.1. The lowest BCUT2D eigenvalue weighted by atomic mass is 10.1. The van der Waals surface area contributed by atoms with Crippen molar-refractivity contribution >= 4 is 5.69 Å². The highest BCUT2D eigenvalue weighted by molar-refractivity contribution is 5.58. The van der Waals surface area contributed by atoms with E-state index >= 15 is 0 Å². The van der Waals surface area contributed by atoms with E-state index in [1.807, 2.05) is 18.2 Å². The highest BCUT2D eigenvalue weighted by atomic mass is 16.5. The minimum atomic E-state index is 0.314. The van der Waals surface area contributed by atoms with Crippen LogP contribution in [0.4, 0.5) is 5.69 Å². The van der Waals surface area contributed by atoms with E-state index in [4.69, 9.17) is 9.47 Å². The third kappa shape index (κ3) is 4.15. The molecule has 0 aliphatic heterocycles. The molecular weight excluding hydrogens is 262 g/mol. The Morgan fingerprint density at radius 1 is 1.00 bits per heavy atom. The predicted molar refractivity (Wildman–Crippen MR) is 87.5 cm³/mol. The molecule has 3 nitrogen and oxygen atoms in total.